The van der Waals surface area contributed by atoms with E-state index in [1.165, 1.54) is 32.3 Å². The zero-order chi connectivity index (χ0) is 30.1. The van der Waals surface area contributed by atoms with Crippen LogP contribution in [0.15, 0.2) is 54.9 Å². The van der Waals surface area contributed by atoms with Gasteiger partial charge in [0.15, 0.2) is 5.65 Å². The van der Waals surface area contributed by atoms with Crippen LogP contribution in [-0.2, 0) is 4.79 Å². The van der Waals surface area contributed by atoms with Gasteiger partial charge in [-0.3, -0.25) is 4.79 Å². The highest BCUT2D eigenvalue weighted by Gasteiger charge is 2.32. The molecular weight excluding hydrogens is 540 g/mol. The summed E-state index contributed by atoms with van der Waals surface area (Å²) < 4.78 is 7.91. The number of benzene rings is 2. The minimum atomic E-state index is -0.566. The largest absolute Gasteiger partial charge is 0.496 e. The maximum absolute atomic E-state index is 12.8. The van der Waals surface area contributed by atoms with Gasteiger partial charge >= 0.3 is 0 Å². The molecular formula is C33H42N8O2. The molecule has 4 aromatic rings. The smallest absolute Gasteiger partial charge is 0.225 e. The number of rotatable bonds is 8. The van der Waals surface area contributed by atoms with Gasteiger partial charge in [-0.2, -0.15) is 5.10 Å². The van der Waals surface area contributed by atoms with Gasteiger partial charge in [0.05, 0.1) is 24.5 Å². The zero-order valence-electron chi connectivity index (χ0n) is 25.3. The number of ether oxygens (including phenoxy) is 1. The highest BCUT2D eigenvalue weighted by Crippen LogP contribution is 2.41. The van der Waals surface area contributed by atoms with Crippen molar-refractivity contribution in [3.05, 3.63) is 66.0 Å². The second kappa shape index (κ2) is 12.3. The summed E-state index contributed by atoms with van der Waals surface area (Å²) in [7, 11) is 3.82. The van der Waals surface area contributed by atoms with E-state index in [0.717, 1.165) is 53.7 Å². The van der Waals surface area contributed by atoms with Crippen molar-refractivity contribution in [3.8, 4) is 17.0 Å². The number of nitrogens with zero attached hydrogens (tertiary/aromatic N) is 6. The second-order valence-electron chi connectivity index (χ2n) is 12.1. The van der Waals surface area contributed by atoms with Gasteiger partial charge < -0.3 is 26.0 Å². The molecule has 43 heavy (non-hydrogen) atoms. The van der Waals surface area contributed by atoms with Crippen molar-refractivity contribution in [2.45, 2.75) is 56.5 Å². The average molecular weight is 583 g/mol. The summed E-state index contributed by atoms with van der Waals surface area (Å²) in [6, 6.07) is 16.6. The molecule has 2 fully saturated rings. The van der Waals surface area contributed by atoms with Gasteiger partial charge in [-0.25, -0.2) is 14.6 Å². The molecule has 0 radical (unpaired) electrons. The Balaban J connectivity index is 1.32. The molecule has 4 N–H and O–H groups in total. The predicted octanol–water partition coefficient (Wildman–Crippen LogP) is 4.19. The Kier molecular flexibility index (Phi) is 8.32. The number of carbonyl (C=O) groups excluding carboxylic acids is 1. The van der Waals surface area contributed by atoms with Gasteiger partial charge in [-0.1, -0.05) is 49.4 Å². The van der Waals surface area contributed by atoms with Gasteiger partial charge in [0.2, 0.25) is 5.91 Å². The molecule has 2 aliphatic rings. The molecule has 6 rings (SSSR count). The lowest BCUT2D eigenvalue weighted by Crippen LogP contribution is -2.47. The lowest BCUT2D eigenvalue weighted by molar-refractivity contribution is -0.119. The van der Waals surface area contributed by atoms with E-state index >= 15 is 0 Å². The van der Waals surface area contributed by atoms with Crippen LogP contribution in [0.3, 0.4) is 0 Å². The Bertz CT molecular complexity index is 1570. The van der Waals surface area contributed by atoms with Crippen LogP contribution < -0.4 is 16.2 Å². The van der Waals surface area contributed by atoms with Crippen LogP contribution in [0.5, 0.6) is 5.75 Å². The molecule has 2 aromatic carbocycles. The average Bonchev–Trinajstić information content (AvgIpc) is 3.43. The van der Waals surface area contributed by atoms with Crippen LogP contribution in [0.4, 0.5) is 5.82 Å². The molecule has 2 atom stereocenters. The van der Waals surface area contributed by atoms with Crippen LogP contribution >= 0.6 is 0 Å². The van der Waals surface area contributed by atoms with E-state index in [9.17, 15) is 4.79 Å². The predicted molar refractivity (Wildman–Crippen MR) is 169 cm³/mol. The third-order valence-corrected chi connectivity index (χ3v) is 9.54. The third-order valence-electron chi connectivity index (χ3n) is 9.54. The highest BCUT2D eigenvalue weighted by atomic mass is 16.5. The summed E-state index contributed by atoms with van der Waals surface area (Å²) in [6.45, 7) is 6.45. The number of primary amides is 1. The van der Waals surface area contributed by atoms with Crippen molar-refractivity contribution in [2.75, 3.05) is 46.1 Å². The first-order valence-corrected chi connectivity index (χ1v) is 15.3. The number of likely N-dealkylation sites (tertiary alicyclic amines) is 2. The standard InChI is InChI=1S/C33H42N8O2/c1-21(22-7-5-4-6-8-22)28(32(35)42)26-10-9-23(19-27(26)43-3)30-29-31(34)36-20-37-33(29)41(38-30)25-13-17-40(18-14-25)24-11-15-39(2)16-12-24/h4-10,19-21,24-25,28H,11-18H2,1-3H3,(H2,35,42)(H2,34,36,37)/t21-,28?/m0/s1. The fourth-order valence-electron chi connectivity index (χ4n) is 7.04. The van der Waals surface area contributed by atoms with Crippen molar-refractivity contribution >= 4 is 22.8 Å². The first-order chi connectivity index (χ1) is 20.9. The molecule has 2 aromatic heterocycles. The number of hydrogen-bond donors (Lipinski definition) is 2. The minimum Gasteiger partial charge on any atom is -0.496 e. The van der Waals surface area contributed by atoms with E-state index < -0.39 is 11.8 Å². The Labute approximate surface area is 253 Å². The van der Waals surface area contributed by atoms with Crippen LogP contribution in [0.2, 0.25) is 0 Å². The van der Waals surface area contributed by atoms with Crippen molar-refractivity contribution in [3.63, 3.8) is 0 Å². The van der Waals surface area contributed by atoms with Gasteiger partial charge in [-0.05, 0) is 63.4 Å². The molecule has 0 spiro atoms. The first-order valence-electron chi connectivity index (χ1n) is 15.3. The molecule has 10 heteroatoms. The Morgan fingerprint density at radius 2 is 1.67 bits per heavy atom. The topological polar surface area (TPSA) is 128 Å². The molecule has 4 heterocycles. The number of methoxy groups -OCH3 is 1. The van der Waals surface area contributed by atoms with Gasteiger partial charge in [-0.15, -0.1) is 0 Å². The molecule has 1 amide bonds. The zero-order valence-corrected chi connectivity index (χ0v) is 25.3. The maximum Gasteiger partial charge on any atom is 0.225 e. The summed E-state index contributed by atoms with van der Waals surface area (Å²) >= 11 is 0. The van der Waals surface area contributed by atoms with Crippen molar-refractivity contribution in [1.29, 1.82) is 0 Å². The SMILES string of the molecule is COc1cc(-c2nn(C3CCN(C4CCN(C)CC4)CC3)c3ncnc(N)c23)ccc1C(C(N)=O)[C@@H](C)c1ccccc1. The van der Waals surface area contributed by atoms with E-state index in [0.29, 0.717) is 23.3 Å². The number of nitrogens with two attached hydrogens (primary N) is 2. The summed E-state index contributed by atoms with van der Waals surface area (Å²) in [5.74, 6) is -0.132. The van der Waals surface area contributed by atoms with E-state index in [1.54, 1.807) is 7.11 Å². The number of anilines is 1. The number of hydrogen-bond acceptors (Lipinski definition) is 8. The highest BCUT2D eigenvalue weighted by molar-refractivity contribution is 5.98. The number of aromatic nitrogens is 4. The number of piperidine rings is 2. The molecule has 10 nitrogen and oxygen atoms in total. The summed E-state index contributed by atoms with van der Waals surface area (Å²) in [4.78, 5) is 26.8. The fourth-order valence-corrected chi connectivity index (χ4v) is 7.04. The third kappa shape index (κ3) is 5.69. The number of fused-ring (bicyclic) bond motifs is 1. The lowest BCUT2D eigenvalue weighted by Gasteiger charge is -2.41. The van der Waals surface area contributed by atoms with Crippen molar-refractivity contribution in [2.24, 2.45) is 5.73 Å². The van der Waals surface area contributed by atoms with Gasteiger partial charge in [0.1, 0.15) is 23.6 Å². The van der Waals surface area contributed by atoms with Crippen LogP contribution in [0.25, 0.3) is 22.3 Å². The molecule has 226 valence electrons. The first kappa shape index (κ1) is 29.1. The maximum atomic E-state index is 12.8. The quantitative estimate of drug-likeness (QED) is 0.317. The van der Waals surface area contributed by atoms with Crippen LogP contribution in [0.1, 0.15) is 61.6 Å². The van der Waals surface area contributed by atoms with Gasteiger partial charge in [0, 0.05) is 30.3 Å². The monoisotopic (exact) mass is 582 g/mol. The molecule has 0 aliphatic carbocycles. The summed E-state index contributed by atoms with van der Waals surface area (Å²) in [6.07, 6.45) is 5.99. The lowest BCUT2D eigenvalue weighted by atomic mass is 9.81. The Morgan fingerprint density at radius 3 is 2.35 bits per heavy atom. The number of nitrogen functional groups attached to an aromatic ring is 1. The summed E-state index contributed by atoms with van der Waals surface area (Å²) in [5, 5.41) is 5.86. The molecule has 1 unspecified atom stereocenters. The van der Waals surface area contributed by atoms with Gasteiger partial charge in [0.25, 0.3) is 0 Å². The van der Waals surface area contributed by atoms with E-state index in [2.05, 4.69) is 31.5 Å². The van der Waals surface area contributed by atoms with Crippen LogP contribution in [0, 0.1) is 0 Å². The molecule has 0 saturated carbocycles. The van der Waals surface area contributed by atoms with E-state index in [-0.39, 0.29) is 12.0 Å². The number of carbonyl (C=O) groups is 1. The second-order valence-corrected chi connectivity index (χ2v) is 12.1. The molecule has 0 bridgehead atoms. The molecule has 2 aliphatic heterocycles. The Morgan fingerprint density at radius 1 is 0.977 bits per heavy atom. The van der Waals surface area contributed by atoms with Crippen molar-refractivity contribution < 1.29 is 9.53 Å². The van der Waals surface area contributed by atoms with E-state index in [4.69, 9.17) is 21.3 Å². The van der Waals surface area contributed by atoms with E-state index in [1.807, 2.05) is 55.5 Å². The minimum absolute atomic E-state index is 0.136. The van der Waals surface area contributed by atoms with Crippen LogP contribution in [-0.4, -0.2) is 81.8 Å². The molecule has 2 saturated heterocycles. The summed E-state index contributed by atoms with van der Waals surface area (Å²) in [5.41, 5.74) is 16.5. The number of amides is 1. The van der Waals surface area contributed by atoms with Crippen molar-refractivity contribution in [1.82, 2.24) is 29.5 Å². The fraction of sp³-hybridized carbons (Fsp3) is 0.455. The Hall–Kier alpha value is -4.02. The normalized spacial score (nSPS) is 19.0.